The quantitative estimate of drug-likeness (QED) is 0.636. The van der Waals surface area contributed by atoms with E-state index in [0.29, 0.717) is 18.4 Å². The molecule has 1 aromatic heterocycles. The molecule has 32 heavy (non-hydrogen) atoms. The normalized spacial score (nSPS) is 22.8. The number of anilines is 1. The third kappa shape index (κ3) is 3.78. The van der Waals surface area contributed by atoms with Crippen molar-refractivity contribution in [2.45, 2.75) is 57.5 Å². The van der Waals surface area contributed by atoms with Gasteiger partial charge in [-0.1, -0.05) is 62.2 Å². The molecule has 2 aromatic carbocycles. The lowest BCUT2D eigenvalue weighted by atomic mass is 9.85. The van der Waals surface area contributed by atoms with Gasteiger partial charge in [-0.25, -0.2) is 4.98 Å². The largest absolute Gasteiger partial charge is 0.356 e. The summed E-state index contributed by atoms with van der Waals surface area (Å²) in [5, 5.41) is 3.01. The van der Waals surface area contributed by atoms with Gasteiger partial charge in [-0.2, -0.15) is 0 Å². The molecular formula is C26H30N4O2. The molecule has 1 fully saturated rings. The standard InChI is InChI=1S/C26H30N4O2/c1-18-9-5-7-13-21(18)30-25(32)23(29-22-14-8-6-12-20(22)28-26(29)30)17-24(31)27-16-15-19-10-3-2-4-11-19/h2-4,6,8,10-12,14,18,21,23H,5,7,9,13,15-17H2,1H3,(H,27,31)/t18-,21-,23-/m1/s1. The van der Waals surface area contributed by atoms with E-state index in [4.69, 9.17) is 4.98 Å². The molecular weight excluding hydrogens is 400 g/mol. The van der Waals surface area contributed by atoms with E-state index in [1.165, 1.54) is 12.0 Å². The highest BCUT2D eigenvalue weighted by Gasteiger charge is 2.45. The summed E-state index contributed by atoms with van der Waals surface area (Å²) < 4.78 is 2.00. The Morgan fingerprint density at radius 2 is 1.81 bits per heavy atom. The van der Waals surface area contributed by atoms with Crippen LogP contribution < -0.4 is 10.2 Å². The Morgan fingerprint density at radius 1 is 1.06 bits per heavy atom. The van der Waals surface area contributed by atoms with Gasteiger partial charge in [0, 0.05) is 12.6 Å². The summed E-state index contributed by atoms with van der Waals surface area (Å²) in [6.07, 6.45) is 5.37. The number of fused-ring (bicyclic) bond motifs is 3. The molecule has 0 unspecified atom stereocenters. The number of hydrogen-bond acceptors (Lipinski definition) is 3. The molecule has 1 saturated carbocycles. The van der Waals surface area contributed by atoms with Gasteiger partial charge in [0.05, 0.1) is 17.5 Å². The summed E-state index contributed by atoms with van der Waals surface area (Å²) in [4.78, 5) is 33.2. The molecule has 166 valence electrons. The van der Waals surface area contributed by atoms with Crippen LogP contribution in [0.3, 0.4) is 0 Å². The average molecular weight is 431 g/mol. The summed E-state index contributed by atoms with van der Waals surface area (Å²) in [6, 6.07) is 17.6. The van der Waals surface area contributed by atoms with Crippen LogP contribution in [-0.4, -0.2) is 34.0 Å². The van der Waals surface area contributed by atoms with Gasteiger partial charge in [0.1, 0.15) is 6.04 Å². The summed E-state index contributed by atoms with van der Waals surface area (Å²) in [7, 11) is 0. The topological polar surface area (TPSA) is 67.2 Å². The lowest BCUT2D eigenvalue weighted by molar-refractivity contribution is -0.127. The second kappa shape index (κ2) is 8.77. The molecule has 5 rings (SSSR count). The molecule has 3 atom stereocenters. The zero-order valence-electron chi connectivity index (χ0n) is 18.5. The molecule has 0 radical (unpaired) electrons. The maximum Gasteiger partial charge on any atom is 0.253 e. The monoisotopic (exact) mass is 430 g/mol. The third-order valence-electron chi connectivity index (χ3n) is 6.98. The van der Waals surface area contributed by atoms with Crippen molar-refractivity contribution < 1.29 is 9.59 Å². The van der Waals surface area contributed by atoms with Gasteiger partial charge < -0.3 is 5.32 Å². The van der Waals surface area contributed by atoms with E-state index < -0.39 is 6.04 Å². The zero-order chi connectivity index (χ0) is 22.1. The Labute approximate surface area is 188 Å². The molecule has 0 spiro atoms. The van der Waals surface area contributed by atoms with Crippen molar-refractivity contribution in [2.24, 2.45) is 5.92 Å². The molecule has 1 aliphatic carbocycles. The van der Waals surface area contributed by atoms with E-state index in [1.807, 2.05) is 51.9 Å². The first kappa shape index (κ1) is 20.7. The predicted molar refractivity (Wildman–Crippen MR) is 125 cm³/mol. The molecule has 1 N–H and O–H groups in total. The van der Waals surface area contributed by atoms with Crippen LogP contribution in [0.1, 0.15) is 50.6 Å². The van der Waals surface area contributed by atoms with Gasteiger partial charge >= 0.3 is 0 Å². The SMILES string of the molecule is C[C@@H]1CCCC[C@H]1N1C(=O)[C@@H](CC(=O)NCCc2ccccc2)n2c1nc1ccccc12. The van der Waals surface area contributed by atoms with Crippen molar-refractivity contribution in [3.05, 3.63) is 60.2 Å². The maximum atomic E-state index is 13.6. The Balaban J connectivity index is 1.37. The first-order chi connectivity index (χ1) is 15.6. The van der Waals surface area contributed by atoms with E-state index in [-0.39, 0.29) is 24.3 Å². The van der Waals surface area contributed by atoms with Crippen LogP contribution in [0.5, 0.6) is 0 Å². The molecule has 2 heterocycles. The molecule has 1 aliphatic heterocycles. The van der Waals surface area contributed by atoms with Gasteiger partial charge in [0.25, 0.3) is 5.91 Å². The number of carbonyl (C=O) groups excluding carboxylic acids is 2. The average Bonchev–Trinajstić information content (AvgIpc) is 3.29. The van der Waals surface area contributed by atoms with Gasteiger partial charge in [-0.05, 0) is 42.9 Å². The summed E-state index contributed by atoms with van der Waals surface area (Å²) >= 11 is 0. The lowest BCUT2D eigenvalue weighted by Crippen LogP contribution is -2.45. The smallest absolute Gasteiger partial charge is 0.253 e. The molecule has 0 bridgehead atoms. The first-order valence-electron chi connectivity index (χ1n) is 11.7. The van der Waals surface area contributed by atoms with Crippen molar-refractivity contribution in [3.63, 3.8) is 0 Å². The highest BCUT2D eigenvalue weighted by Crippen LogP contribution is 2.41. The van der Waals surface area contributed by atoms with Crippen LogP contribution in [0.4, 0.5) is 5.95 Å². The number of para-hydroxylation sites is 2. The van der Waals surface area contributed by atoms with Gasteiger partial charge in [0.2, 0.25) is 11.9 Å². The van der Waals surface area contributed by atoms with Crippen LogP contribution in [0.25, 0.3) is 11.0 Å². The Bertz CT molecular complexity index is 1120. The van der Waals surface area contributed by atoms with Gasteiger partial charge in [-0.15, -0.1) is 0 Å². The highest BCUT2D eigenvalue weighted by atomic mass is 16.2. The van der Waals surface area contributed by atoms with Gasteiger partial charge in [-0.3, -0.25) is 19.1 Å². The number of nitrogens with one attached hydrogen (secondary N) is 1. The van der Waals surface area contributed by atoms with Crippen molar-refractivity contribution in [1.29, 1.82) is 0 Å². The number of aromatic nitrogens is 2. The zero-order valence-corrected chi connectivity index (χ0v) is 18.5. The number of benzene rings is 2. The fraction of sp³-hybridized carbons (Fsp3) is 0.423. The minimum absolute atomic E-state index is 0.00946. The first-order valence-corrected chi connectivity index (χ1v) is 11.7. The van der Waals surface area contributed by atoms with Gasteiger partial charge in [0.15, 0.2) is 0 Å². The maximum absolute atomic E-state index is 13.6. The van der Waals surface area contributed by atoms with Crippen molar-refractivity contribution in [3.8, 4) is 0 Å². The van der Waals surface area contributed by atoms with Crippen LogP contribution in [0, 0.1) is 5.92 Å². The lowest BCUT2D eigenvalue weighted by Gasteiger charge is -2.35. The molecule has 6 heteroatoms. The Hall–Kier alpha value is -3.15. The van der Waals surface area contributed by atoms with E-state index in [9.17, 15) is 9.59 Å². The fourth-order valence-electron chi connectivity index (χ4n) is 5.29. The molecule has 2 aliphatic rings. The number of hydrogen-bond donors (Lipinski definition) is 1. The van der Waals surface area contributed by atoms with Crippen molar-refractivity contribution in [2.75, 3.05) is 11.4 Å². The molecule has 3 aromatic rings. The summed E-state index contributed by atoms with van der Waals surface area (Å²) in [6.45, 7) is 2.79. The number of amides is 2. The Kier molecular flexibility index (Phi) is 5.68. The summed E-state index contributed by atoms with van der Waals surface area (Å²) in [5.74, 6) is 1.05. The van der Waals surface area contributed by atoms with Crippen LogP contribution in [0.15, 0.2) is 54.6 Å². The Morgan fingerprint density at radius 3 is 2.62 bits per heavy atom. The minimum Gasteiger partial charge on any atom is -0.356 e. The third-order valence-corrected chi connectivity index (χ3v) is 6.98. The van der Waals surface area contributed by atoms with Crippen molar-refractivity contribution in [1.82, 2.24) is 14.9 Å². The number of nitrogens with zero attached hydrogens (tertiary/aromatic N) is 3. The second-order valence-corrected chi connectivity index (χ2v) is 9.11. The highest BCUT2D eigenvalue weighted by molar-refractivity contribution is 6.04. The second-order valence-electron chi connectivity index (χ2n) is 9.11. The minimum atomic E-state index is -0.539. The summed E-state index contributed by atoms with van der Waals surface area (Å²) in [5.41, 5.74) is 2.98. The predicted octanol–water partition coefficient (Wildman–Crippen LogP) is 4.25. The van der Waals surface area contributed by atoms with Crippen LogP contribution >= 0.6 is 0 Å². The number of imidazole rings is 1. The van der Waals surface area contributed by atoms with E-state index in [1.54, 1.807) is 0 Å². The van der Waals surface area contributed by atoms with E-state index in [0.717, 1.165) is 36.7 Å². The van der Waals surface area contributed by atoms with Crippen molar-refractivity contribution >= 4 is 28.8 Å². The number of rotatable bonds is 6. The van der Waals surface area contributed by atoms with E-state index >= 15 is 0 Å². The van der Waals surface area contributed by atoms with Crippen LogP contribution in [-0.2, 0) is 16.0 Å². The fourth-order valence-corrected chi connectivity index (χ4v) is 5.29. The molecule has 2 amide bonds. The van der Waals surface area contributed by atoms with Crippen LogP contribution in [0.2, 0.25) is 0 Å². The molecule has 0 saturated heterocycles. The molecule has 6 nitrogen and oxygen atoms in total. The number of carbonyl (C=O) groups is 2. The van der Waals surface area contributed by atoms with E-state index in [2.05, 4.69) is 24.4 Å².